The summed E-state index contributed by atoms with van der Waals surface area (Å²) in [5, 5.41) is 11.8. The quantitative estimate of drug-likeness (QED) is 0.739. The van der Waals surface area contributed by atoms with Crippen LogP contribution >= 0.6 is 11.6 Å². The fourth-order valence-electron chi connectivity index (χ4n) is 2.02. The van der Waals surface area contributed by atoms with Crippen LogP contribution in [0.15, 0.2) is 36.4 Å². The lowest BCUT2D eigenvalue weighted by molar-refractivity contribution is 0.607. The number of anilines is 1. The average molecular weight is 304 g/mol. The van der Waals surface area contributed by atoms with Crippen molar-refractivity contribution in [3.05, 3.63) is 52.8 Å². The molecule has 1 heterocycles. The highest BCUT2D eigenvalue weighted by molar-refractivity contribution is 6.33. The molecule has 1 aromatic heterocycles. The Balaban J connectivity index is 2.19. The number of hydrogen-bond acceptors (Lipinski definition) is 4. The van der Waals surface area contributed by atoms with E-state index in [-0.39, 0.29) is 5.69 Å². The van der Waals surface area contributed by atoms with Gasteiger partial charge in [-0.3, -0.25) is 0 Å². The largest absolute Gasteiger partial charge is 0.399 e. The Morgan fingerprint density at radius 2 is 2.00 bits per heavy atom. The van der Waals surface area contributed by atoms with Crippen molar-refractivity contribution in [2.75, 3.05) is 5.73 Å². The molecule has 0 saturated heterocycles. The molecule has 0 radical (unpaired) electrons. The van der Waals surface area contributed by atoms with Crippen molar-refractivity contribution < 1.29 is 4.39 Å². The highest BCUT2D eigenvalue weighted by Crippen LogP contribution is 2.29. The molecule has 21 heavy (non-hydrogen) atoms. The number of aromatic nitrogens is 4. The van der Waals surface area contributed by atoms with Crippen LogP contribution in [0.25, 0.3) is 17.1 Å². The van der Waals surface area contributed by atoms with E-state index in [1.807, 2.05) is 6.92 Å². The summed E-state index contributed by atoms with van der Waals surface area (Å²) in [4.78, 5) is 0. The van der Waals surface area contributed by atoms with Gasteiger partial charge in [0.25, 0.3) is 0 Å². The molecule has 0 fully saturated rings. The first-order chi connectivity index (χ1) is 10.1. The molecule has 0 amide bonds. The van der Waals surface area contributed by atoms with E-state index in [0.29, 0.717) is 22.1 Å². The van der Waals surface area contributed by atoms with Crippen LogP contribution in [-0.2, 0) is 0 Å². The Hall–Kier alpha value is -2.47. The lowest BCUT2D eigenvalue weighted by Gasteiger charge is -2.08. The third-order valence-corrected chi connectivity index (χ3v) is 3.35. The molecule has 7 heteroatoms. The molecule has 0 aliphatic carbocycles. The number of benzene rings is 2. The first-order valence-corrected chi connectivity index (χ1v) is 6.54. The van der Waals surface area contributed by atoms with Crippen molar-refractivity contribution in [1.29, 1.82) is 0 Å². The molecule has 3 rings (SSSR count). The minimum atomic E-state index is -0.416. The Labute approximate surface area is 125 Å². The number of nitrogens with zero attached hydrogens (tertiary/aromatic N) is 4. The maximum absolute atomic E-state index is 14.0. The molecule has 0 aliphatic heterocycles. The van der Waals surface area contributed by atoms with E-state index in [1.54, 1.807) is 30.3 Å². The zero-order chi connectivity index (χ0) is 15.0. The van der Waals surface area contributed by atoms with Crippen LogP contribution in [0.4, 0.5) is 10.1 Å². The predicted molar refractivity (Wildman–Crippen MR) is 78.7 cm³/mol. The van der Waals surface area contributed by atoms with E-state index >= 15 is 0 Å². The maximum Gasteiger partial charge on any atom is 0.188 e. The zero-order valence-corrected chi connectivity index (χ0v) is 11.8. The second kappa shape index (κ2) is 5.14. The van der Waals surface area contributed by atoms with Gasteiger partial charge in [0, 0.05) is 11.3 Å². The fraction of sp³-hybridized carbons (Fsp3) is 0.0714. The monoisotopic (exact) mass is 303 g/mol. The van der Waals surface area contributed by atoms with Crippen molar-refractivity contribution in [3.63, 3.8) is 0 Å². The van der Waals surface area contributed by atoms with E-state index in [1.165, 1.54) is 10.7 Å². The van der Waals surface area contributed by atoms with Crippen molar-refractivity contribution in [1.82, 2.24) is 20.2 Å². The third kappa shape index (κ3) is 2.45. The van der Waals surface area contributed by atoms with E-state index in [9.17, 15) is 4.39 Å². The van der Waals surface area contributed by atoms with Crippen LogP contribution in [0.5, 0.6) is 0 Å². The number of aryl methyl sites for hydroxylation is 1. The van der Waals surface area contributed by atoms with Gasteiger partial charge in [-0.15, -0.1) is 5.10 Å². The third-order valence-electron chi connectivity index (χ3n) is 3.03. The van der Waals surface area contributed by atoms with Crippen LogP contribution < -0.4 is 5.73 Å². The van der Waals surface area contributed by atoms with Crippen LogP contribution in [0.2, 0.25) is 5.02 Å². The van der Waals surface area contributed by atoms with Crippen molar-refractivity contribution in [2.24, 2.45) is 0 Å². The summed E-state index contributed by atoms with van der Waals surface area (Å²) in [7, 11) is 0. The minimum Gasteiger partial charge on any atom is -0.399 e. The summed E-state index contributed by atoms with van der Waals surface area (Å²) >= 11 is 6.17. The van der Waals surface area contributed by atoms with E-state index < -0.39 is 5.82 Å². The van der Waals surface area contributed by atoms with Crippen molar-refractivity contribution in [3.8, 4) is 17.1 Å². The number of rotatable bonds is 2. The van der Waals surface area contributed by atoms with Gasteiger partial charge in [0.15, 0.2) is 5.82 Å². The lowest BCUT2D eigenvalue weighted by atomic mass is 10.1. The van der Waals surface area contributed by atoms with Crippen LogP contribution in [-0.4, -0.2) is 20.2 Å². The molecule has 2 N–H and O–H groups in total. The number of halogens is 2. The number of tetrazole rings is 1. The van der Waals surface area contributed by atoms with Gasteiger partial charge in [-0.1, -0.05) is 17.7 Å². The average Bonchev–Trinajstić information content (AvgIpc) is 2.90. The Kier molecular flexibility index (Phi) is 3.31. The molecule has 2 aromatic carbocycles. The van der Waals surface area contributed by atoms with Gasteiger partial charge in [0.2, 0.25) is 0 Å². The SMILES string of the molecule is Cc1ccc(F)c(-n2nnnc2-c2ccc(N)cc2Cl)c1. The summed E-state index contributed by atoms with van der Waals surface area (Å²) in [5.41, 5.74) is 7.95. The summed E-state index contributed by atoms with van der Waals surface area (Å²) in [5.74, 6) is -0.0646. The van der Waals surface area contributed by atoms with Gasteiger partial charge in [-0.25, -0.2) is 4.39 Å². The highest BCUT2D eigenvalue weighted by atomic mass is 35.5. The fourth-order valence-corrected chi connectivity index (χ4v) is 2.29. The lowest BCUT2D eigenvalue weighted by Crippen LogP contribution is -2.03. The van der Waals surface area contributed by atoms with Gasteiger partial charge >= 0.3 is 0 Å². The standard InChI is InChI=1S/C14H11ClFN5/c1-8-2-5-12(16)13(6-8)21-14(18-19-20-21)10-4-3-9(17)7-11(10)15/h2-7H,17H2,1H3. The topological polar surface area (TPSA) is 69.6 Å². The molecular formula is C14H11ClFN5. The molecular weight excluding hydrogens is 293 g/mol. The van der Waals surface area contributed by atoms with Gasteiger partial charge in [0.1, 0.15) is 11.5 Å². The predicted octanol–water partition coefficient (Wildman–Crippen LogP) is 3.01. The smallest absolute Gasteiger partial charge is 0.188 e. The van der Waals surface area contributed by atoms with Crippen LogP contribution in [0.1, 0.15) is 5.56 Å². The molecule has 5 nitrogen and oxygen atoms in total. The van der Waals surface area contributed by atoms with Gasteiger partial charge in [0.05, 0.1) is 5.02 Å². The summed E-state index contributed by atoms with van der Waals surface area (Å²) in [6.45, 7) is 1.86. The Bertz CT molecular complexity index is 815. The summed E-state index contributed by atoms with van der Waals surface area (Å²) in [6.07, 6.45) is 0. The Morgan fingerprint density at radius 1 is 1.19 bits per heavy atom. The van der Waals surface area contributed by atoms with Crippen LogP contribution in [0, 0.1) is 12.7 Å². The molecule has 3 aromatic rings. The van der Waals surface area contributed by atoms with Gasteiger partial charge in [-0.2, -0.15) is 4.68 Å². The van der Waals surface area contributed by atoms with Crippen molar-refractivity contribution in [2.45, 2.75) is 6.92 Å². The highest BCUT2D eigenvalue weighted by Gasteiger charge is 2.16. The van der Waals surface area contributed by atoms with Gasteiger partial charge < -0.3 is 5.73 Å². The molecule has 0 aliphatic rings. The van der Waals surface area contributed by atoms with Gasteiger partial charge in [-0.05, 0) is 53.2 Å². The zero-order valence-electron chi connectivity index (χ0n) is 11.1. The van der Waals surface area contributed by atoms with E-state index in [2.05, 4.69) is 15.5 Å². The normalized spacial score (nSPS) is 10.8. The second-order valence-corrected chi connectivity index (χ2v) is 5.02. The minimum absolute atomic E-state index is 0.267. The van der Waals surface area contributed by atoms with Crippen LogP contribution in [0.3, 0.4) is 0 Å². The molecule has 0 atom stereocenters. The summed E-state index contributed by atoms with van der Waals surface area (Å²) in [6, 6.07) is 9.71. The molecule has 0 saturated carbocycles. The van der Waals surface area contributed by atoms with E-state index in [4.69, 9.17) is 17.3 Å². The Morgan fingerprint density at radius 3 is 2.76 bits per heavy atom. The van der Waals surface area contributed by atoms with Crippen molar-refractivity contribution >= 4 is 17.3 Å². The number of nitrogens with two attached hydrogens (primary N) is 1. The first-order valence-electron chi connectivity index (χ1n) is 6.16. The number of nitrogen functional groups attached to an aromatic ring is 1. The number of hydrogen-bond donors (Lipinski definition) is 1. The molecule has 0 unspecified atom stereocenters. The summed E-state index contributed by atoms with van der Waals surface area (Å²) < 4.78 is 15.3. The molecule has 106 valence electrons. The molecule has 0 spiro atoms. The second-order valence-electron chi connectivity index (χ2n) is 4.61. The van der Waals surface area contributed by atoms with E-state index in [0.717, 1.165) is 5.56 Å². The maximum atomic E-state index is 14.0. The first kappa shape index (κ1) is 13.5. The molecule has 0 bridgehead atoms.